The molecule has 104 valence electrons. The van der Waals surface area contributed by atoms with Crippen LogP contribution in [0.15, 0.2) is 0 Å². The van der Waals surface area contributed by atoms with E-state index in [2.05, 4.69) is 21.3 Å². The van der Waals surface area contributed by atoms with E-state index in [1.807, 2.05) is 0 Å². The van der Waals surface area contributed by atoms with Crippen LogP contribution in [-0.2, 0) is 0 Å². The van der Waals surface area contributed by atoms with Gasteiger partial charge in [-0.2, -0.15) is 0 Å². The smallest absolute Gasteiger partial charge is 0.0308 e. The molecule has 2 spiro atoms. The molecule has 4 N–H and O–H groups in total. The molecule has 0 atom stereocenters. The van der Waals surface area contributed by atoms with Crippen molar-refractivity contribution >= 4 is 0 Å². The molecular weight excluding hydrogens is 224 g/mol. The molecule has 4 rings (SSSR count). The topological polar surface area (TPSA) is 48.1 Å². The molecule has 18 heavy (non-hydrogen) atoms. The van der Waals surface area contributed by atoms with Crippen molar-refractivity contribution in [3.05, 3.63) is 0 Å². The number of piperazine rings is 2. The van der Waals surface area contributed by atoms with E-state index >= 15 is 0 Å². The van der Waals surface area contributed by atoms with Crippen molar-refractivity contribution in [2.24, 2.45) is 0 Å². The van der Waals surface area contributed by atoms with Crippen LogP contribution in [0.25, 0.3) is 0 Å². The molecule has 4 fully saturated rings. The molecule has 2 aliphatic heterocycles. The highest BCUT2D eigenvalue weighted by molar-refractivity contribution is 5.05. The molecule has 0 aromatic heterocycles. The Kier molecular flexibility index (Phi) is 3.89. The highest BCUT2D eigenvalue weighted by Gasteiger charge is 2.42. The minimum Gasteiger partial charge on any atom is -0.314 e. The summed E-state index contributed by atoms with van der Waals surface area (Å²) in [7, 11) is 0. The van der Waals surface area contributed by atoms with E-state index in [1.54, 1.807) is 0 Å². The summed E-state index contributed by atoms with van der Waals surface area (Å²) in [5, 5.41) is 14.0. The summed E-state index contributed by atoms with van der Waals surface area (Å²) in [6.07, 6.45) is 8.41. The highest BCUT2D eigenvalue weighted by atomic mass is 15.1. The van der Waals surface area contributed by atoms with Crippen LogP contribution in [0.4, 0.5) is 0 Å². The highest BCUT2D eigenvalue weighted by Crippen LogP contribution is 2.35. The Morgan fingerprint density at radius 3 is 1.39 bits per heavy atom. The monoisotopic (exact) mass is 252 g/mol. The van der Waals surface area contributed by atoms with Gasteiger partial charge in [0.05, 0.1) is 0 Å². The maximum absolute atomic E-state index is 3.63. The van der Waals surface area contributed by atoms with Gasteiger partial charge in [-0.25, -0.2) is 0 Å². The fourth-order valence-corrected chi connectivity index (χ4v) is 3.52. The first-order valence-electron chi connectivity index (χ1n) is 7.74. The molecule has 0 aromatic rings. The third-order valence-corrected chi connectivity index (χ3v) is 4.94. The van der Waals surface area contributed by atoms with Gasteiger partial charge in [-0.3, -0.25) is 0 Å². The summed E-state index contributed by atoms with van der Waals surface area (Å²) < 4.78 is 0. The molecule has 0 aromatic carbocycles. The summed E-state index contributed by atoms with van der Waals surface area (Å²) in [6, 6.07) is 0. The lowest BCUT2D eigenvalue weighted by molar-refractivity contribution is 0.278. The van der Waals surface area contributed by atoms with Gasteiger partial charge in [0.2, 0.25) is 0 Å². The first-order valence-corrected chi connectivity index (χ1v) is 7.74. The standard InChI is InChI=1S/C8H16N2.C6H12N2/c1-2-4-8(3-1)7-9-5-6-10-8;1-2-6(1)5-7-3-4-8-6/h9-10H,1-7H2;7-8H,1-5H2. The second-order valence-corrected chi connectivity index (χ2v) is 6.47. The molecule has 0 radical (unpaired) electrons. The van der Waals surface area contributed by atoms with E-state index in [0.29, 0.717) is 11.1 Å². The van der Waals surface area contributed by atoms with Gasteiger partial charge in [0, 0.05) is 50.3 Å². The van der Waals surface area contributed by atoms with Crippen LogP contribution in [0.3, 0.4) is 0 Å². The minimum absolute atomic E-state index is 0.512. The Bertz CT molecular complexity index is 253. The van der Waals surface area contributed by atoms with Crippen molar-refractivity contribution in [1.29, 1.82) is 0 Å². The second kappa shape index (κ2) is 5.45. The number of hydrogen-bond acceptors (Lipinski definition) is 4. The molecule has 0 amide bonds. The summed E-state index contributed by atoms with van der Waals surface area (Å²) in [5.41, 5.74) is 1.08. The lowest BCUT2D eigenvalue weighted by Gasteiger charge is -2.35. The fraction of sp³-hybridized carbons (Fsp3) is 1.00. The van der Waals surface area contributed by atoms with Crippen LogP contribution in [0, 0.1) is 0 Å². The van der Waals surface area contributed by atoms with E-state index in [-0.39, 0.29) is 0 Å². The van der Waals surface area contributed by atoms with Crippen molar-refractivity contribution in [1.82, 2.24) is 21.3 Å². The van der Waals surface area contributed by atoms with Crippen LogP contribution in [0.1, 0.15) is 38.5 Å². The van der Waals surface area contributed by atoms with E-state index in [4.69, 9.17) is 0 Å². The zero-order chi connectivity index (χ0) is 12.3. The van der Waals surface area contributed by atoms with Crippen molar-refractivity contribution in [3.8, 4) is 0 Å². The van der Waals surface area contributed by atoms with Gasteiger partial charge < -0.3 is 21.3 Å². The molecule has 2 heterocycles. The molecule has 2 saturated heterocycles. The van der Waals surface area contributed by atoms with Crippen LogP contribution in [0.5, 0.6) is 0 Å². The van der Waals surface area contributed by atoms with Crippen LogP contribution < -0.4 is 21.3 Å². The molecule has 4 aliphatic rings. The molecule has 4 heteroatoms. The Labute approximate surface area is 111 Å². The van der Waals surface area contributed by atoms with E-state index in [0.717, 1.165) is 13.1 Å². The molecule has 4 nitrogen and oxygen atoms in total. The maximum Gasteiger partial charge on any atom is 0.0308 e. The Morgan fingerprint density at radius 1 is 0.556 bits per heavy atom. The van der Waals surface area contributed by atoms with Crippen LogP contribution in [-0.4, -0.2) is 50.3 Å². The van der Waals surface area contributed by atoms with Gasteiger partial charge in [0.1, 0.15) is 0 Å². The number of hydrogen-bond donors (Lipinski definition) is 4. The summed E-state index contributed by atoms with van der Waals surface area (Å²) in [5.74, 6) is 0. The van der Waals surface area contributed by atoms with Crippen molar-refractivity contribution in [2.75, 3.05) is 39.3 Å². The molecule has 2 aliphatic carbocycles. The van der Waals surface area contributed by atoms with E-state index in [9.17, 15) is 0 Å². The van der Waals surface area contributed by atoms with Crippen LogP contribution in [0.2, 0.25) is 0 Å². The second-order valence-electron chi connectivity index (χ2n) is 6.47. The summed E-state index contributed by atoms with van der Waals surface area (Å²) in [6.45, 7) is 7.05. The average Bonchev–Trinajstić information content (AvgIpc) is 3.01. The largest absolute Gasteiger partial charge is 0.314 e. The van der Waals surface area contributed by atoms with Gasteiger partial charge in [0.25, 0.3) is 0 Å². The van der Waals surface area contributed by atoms with Crippen LogP contribution >= 0.6 is 0 Å². The van der Waals surface area contributed by atoms with Crippen molar-refractivity contribution in [2.45, 2.75) is 49.6 Å². The third-order valence-electron chi connectivity index (χ3n) is 4.94. The quantitative estimate of drug-likeness (QED) is 0.498. The van der Waals surface area contributed by atoms with Gasteiger partial charge in [-0.05, 0) is 25.7 Å². The Balaban J connectivity index is 0.000000114. The maximum atomic E-state index is 3.63. The van der Waals surface area contributed by atoms with Gasteiger partial charge in [-0.1, -0.05) is 12.8 Å². The molecular formula is C14H28N4. The average molecular weight is 252 g/mol. The Morgan fingerprint density at radius 2 is 1.06 bits per heavy atom. The predicted octanol–water partition coefficient (Wildman–Crippen LogP) is 0.204. The first-order chi connectivity index (χ1) is 8.83. The van der Waals surface area contributed by atoms with Gasteiger partial charge in [-0.15, -0.1) is 0 Å². The number of rotatable bonds is 0. The molecule has 0 bridgehead atoms. The van der Waals surface area contributed by atoms with E-state index < -0.39 is 0 Å². The lowest BCUT2D eigenvalue weighted by Crippen LogP contribution is -2.57. The van der Waals surface area contributed by atoms with Crippen molar-refractivity contribution < 1.29 is 0 Å². The number of nitrogens with one attached hydrogen (secondary N) is 4. The molecule has 2 saturated carbocycles. The Hall–Kier alpha value is -0.160. The van der Waals surface area contributed by atoms with Gasteiger partial charge >= 0.3 is 0 Å². The normalized spacial score (nSPS) is 32.0. The zero-order valence-corrected chi connectivity index (χ0v) is 11.5. The zero-order valence-electron chi connectivity index (χ0n) is 11.5. The first kappa shape index (κ1) is 12.9. The predicted molar refractivity (Wildman–Crippen MR) is 74.9 cm³/mol. The fourth-order valence-electron chi connectivity index (χ4n) is 3.52. The lowest BCUT2D eigenvalue weighted by atomic mass is 9.96. The SMILES string of the molecule is C1CCC2(C1)CNCCN2.C1CNC2(CC2)CN1. The van der Waals surface area contributed by atoms with Crippen molar-refractivity contribution in [3.63, 3.8) is 0 Å². The minimum atomic E-state index is 0.512. The summed E-state index contributed by atoms with van der Waals surface area (Å²) >= 11 is 0. The molecule has 0 unspecified atom stereocenters. The van der Waals surface area contributed by atoms with E-state index in [1.165, 1.54) is 64.7 Å². The summed E-state index contributed by atoms with van der Waals surface area (Å²) in [4.78, 5) is 0. The van der Waals surface area contributed by atoms with Gasteiger partial charge in [0.15, 0.2) is 0 Å². The third kappa shape index (κ3) is 3.05.